The molecule has 0 spiro atoms. The average molecular weight is 340 g/mol. The fourth-order valence-electron chi connectivity index (χ4n) is 1.82. The normalized spacial score (nSPS) is 12.2. The molecule has 0 aliphatic carbocycles. The maximum atomic E-state index is 12.0. The number of carbonyl (C=O) groups excluding carboxylic acids is 2. The van der Waals surface area contributed by atoms with Gasteiger partial charge in [-0.05, 0) is 48.0 Å². The zero-order chi connectivity index (χ0) is 14.7. The first kappa shape index (κ1) is 14.6. The first-order valence-corrected chi connectivity index (χ1v) is 6.90. The number of carbonyl (C=O) groups is 2. The van der Waals surface area contributed by atoms with E-state index in [2.05, 4.69) is 21.2 Å². The van der Waals surface area contributed by atoms with Crippen molar-refractivity contribution < 1.29 is 18.4 Å². The summed E-state index contributed by atoms with van der Waals surface area (Å²) in [5.41, 5.74) is 0.735. The van der Waals surface area contributed by atoms with Crippen molar-refractivity contribution in [2.45, 2.75) is 26.3 Å². The number of hydrogen-bond acceptors (Lipinski definition) is 4. The van der Waals surface area contributed by atoms with Crippen LogP contribution in [0.3, 0.4) is 0 Å². The molecule has 20 heavy (non-hydrogen) atoms. The third-order valence-electron chi connectivity index (χ3n) is 2.76. The van der Waals surface area contributed by atoms with Crippen LogP contribution in [0.15, 0.2) is 38.0 Å². The number of hydrogen-bond donors (Lipinski definition) is 1. The number of nitrogens with one attached hydrogen (secondary N) is 1. The molecule has 5 nitrogen and oxygen atoms in total. The van der Waals surface area contributed by atoms with Crippen molar-refractivity contribution in [1.29, 1.82) is 0 Å². The van der Waals surface area contributed by atoms with E-state index in [1.165, 1.54) is 6.26 Å². The van der Waals surface area contributed by atoms with Crippen LogP contribution in [0.5, 0.6) is 0 Å². The molecule has 0 aliphatic rings. The first-order chi connectivity index (χ1) is 9.47. The van der Waals surface area contributed by atoms with E-state index < -0.39 is 0 Å². The Hall–Kier alpha value is -1.82. The van der Waals surface area contributed by atoms with E-state index in [0.717, 1.165) is 5.56 Å². The molecule has 1 amide bonds. The van der Waals surface area contributed by atoms with Gasteiger partial charge in [0.2, 0.25) is 0 Å². The topological polar surface area (TPSA) is 72.5 Å². The molecule has 2 rings (SSSR count). The van der Waals surface area contributed by atoms with Gasteiger partial charge in [-0.15, -0.1) is 0 Å². The standard InChI is InChI=1S/C14H14BrNO4/c1-8-6-12(15)20-13(8)14(18)16-9(2)7-10(17)11-4-3-5-19-11/h3-6,9H,7H2,1-2H3,(H,16,18)/t9-/m1/s1. The van der Waals surface area contributed by atoms with Gasteiger partial charge in [0.15, 0.2) is 22.0 Å². The Morgan fingerprint density at radius 2 is 2.20 bits per heavy atom. The highest BCUT2D eigenvalue weighted by atomic mass is 79.9. The van der Waals surface area contributed by atoms with E-state index in [9.17, 15) is 9.59 Å². The molecule has 0 bridgehead atoms. The Morgan fingerprint density at radius 3 is 2.75 bits per heavy atom. The number of halogens is 1. The van der Waals surface area contributed by atoms with Gasteiger partial charge < -0.3 is 14.2 Å². The second kappa shape index (κ2) is 6.09. The second-order valence-corrected chi connectivity index (χ2v) is 5.32. The van der Waals surface area contributed by atoms with E-state index in [0.29, 0.717) is 10.4 Å². The largest absolute Gasteiger partial charge is 0.461 e. The minimum absolute atomic E-state index is 0.153. The van der Waals surface area contributed by atoms with Gasteiger partial charge >= 0.3 is 0 Å². The number of amides is 1. The molecule has 2 aromatic heterocycles. The third kappa shape index (κ3) is 3.39. The number of Topliss-reactive ketones (excluding diaryl/α,β-unsaturated/α-hetero) is 1. The molecule has 0 aliphatic heterocycles. The summed E-state index contributed by atoms with van der Waals surface area (Å²) in [6.07, 6.45) is 1.61. The lowest BCUT2D eigenvalue weighted by atomic mass is 10.1. The number of furan rings is 2. The summed E-state index contributed by atoms with van der Waals surface area (Å²) in [6.45, 7) is 3.54. The van der Waals surface area contributed by atoms with Crippen molar-refractivity contribution in [3.63, 3.8) is 0 Å². The van der Waals surface area contributed by atoms with E-state index in [1.54, 1.807) is 32.0 Å². The van der Waals surface area contributed by atoms with E-state index in [-0.39, 0.29) is 29.9 Å². The van der Waals surface area contributed by atoms with Gasteiger partial charge in [0.1, 0.15) is 0 Å². The minimum atomic E-state index is -0.340. The molecule has 2 aromatic rings. The summed E-state index contributed by atoms with van der Waals surface area (Å²) < 4.78 is 10.8. The van der Waals surface area contributed by atoms with Crippen LogP contribution in [-0.4, -0.2) is 17.7 Å². The van der Waals surface area contributed by atoms with Crippen molar-refractivity contribution in [3.05, 3.63) is 46.2 Å². The van der Waals surface area contributed by atoms with Gasteiger partial charge in [-0.1, -0.05) is 0 Å². The molecule has 0 saturated carbocycles. The summed E-state index contributed by atoms with van der Waals surface area (Å²) in [6, 6.07) is 4.65. The molecule has 1 N–H and O–H groups in total. The van der Waals surface area contributed by atoms with Crippen molar-refractivity contribution in [3.8, 4) is 0 Å². The van der Waals surface area contributed by atoms with Gasteiger partial charge in [0, 0.05) is 18.0 Å². The molecule has 0 fully saturated rings. The van der Waals surface area contributed by atoms with Gasteiger partial charge in [-0.3, -0.25) is 9.59 Å². The SMILES string of the molecule is Cc1cc(Br)oc1C(=O)N[C@H](C)CC(=O)c1ccco1. The van der Waals surface area contributed by atoms with Crippen molar-refractivity contribution in [1.82, 2.24) is 5.32 Å². The number of rotatable bonds is 5. The van der Waals surface area contributed by atoms with Crippen LogP contribution < -0.4 is 5.32 Å². The minimum Gasteiger partial charge on any atom is -0.461 e. The fourth-order valence-corrected chi connectivity index (χ4v) is 2.33. The molecule has 0 unspecified atom stereocenters. The van der Waals surface area contributed by atoms with Crippen molar-refractivity contribution in [2.75, 3.05) is 0 Å². The fraction of sp³-hybridized carbons (Fsp3) is 0.286. The first-order valence-electron chi connectivity index (χ1n) is 6.11. The maximum absolute atomic E-state index is 12.0. The van der Waals surface area contributed by atoms with Crippen LogP contribution >= 0.6 is 15.9 Å². The van der Waals surface area contributed by atoms with Crippen LogP contribution in [0.25, 0.3) is 0 Å². The van der Waals surface area contributed by atoms with E-state index in [1.807, 2.05) is 0 Å². The summed E-state index contributed by atoms with van der Waals surface area (Å²) in [4.78, 5) is 23.8. The number of aryl methyl sites for hydroxylation is 1. The molecular weight excluding hydrogens is 326 g/mol. The molecule has 0 saturated heterocycles. The molecule has 1 atom stereocenters. The predicted molar refractivity (Wildman–Crippen MR) is 75.7 cm³/mol. The molecule has 0 radical (unpaired) electrons. The molecule has 2 heterocycles. The van der Waals surface area contributed by atoms with Gasteiger partial charge in [0.25, 0.3) is 5.91 Å². The van der Waals surface area contributed by atoms with E-state index >= 15 is 0 Å². The monoisotopic (exact) mass is 339 g/mol. The van der Waals surface area contributed by atoms with Crippen LogP contribution in [0.1, 0.15) is 40.0 Å². The zero-order valence-corrected chi connectivity index (χ0v) is 12.7. The van der Waals surface area contributed by atoms with Crippen molar-refractivity contribution in [2.24, 2.45) is 0 Å². The predicted octanol–water partition coefficient (Wildman–Crippen LogP) is 3.33. The van der Waals surface area contributed by atoms with Gasteiger partial charge in [-0.2, -0.15) is 0 Å². The lowest BCUT2D eigenvalue weighted by Gasteiger charge is -2.11. The summed E-state index contributed by atoms with van der Waals surface area (Å²) in [5.74, 6) is 0.0466. The highest BCUT2D eigenvalue weighted by molar-refractivity contribution is 9.10. The molecule has 106 valence electrons. The maximum Gasteiger partial charge on any atom is 0.287 e. The van der Waals surface area contributed by atoms with E-state index in [4.69, 9.17) is 8.83 Å². The van der Waals surface area contributed by atoms with Crippen LogP contribution in [0.2, 0.25) is 0 Å². The van der Waals surface area contributed by atoms with Crippen molar-refractivity contribution >= 4 is 27.6 Å². The Balaban J connectivity index is 1.94. The lowest BCUT2D eigenvalue weighted by Crippen LogP contribution is -2.34. The molecule has 6 heteroatoms. The number of ketones is 1. The average Bonchev–Trinajstić information content (AvgIpc) is 2.98. The Morgan fingerprint density at radius 1 is 1.45 bits per heavy atom. The third-order valence-corrected chi connectivity index (χ3v) is 3.15. The highest BCUT2D eigenvalue weighted by Gasteiger charge is 2.19. The zero-order valence-electron chi connectivity index (χ0n) is 11.1. The van der Waals surface area contributed by atoms with Gasteiger partial charge in [-0.25, -0.2) is 0 Å². The summed E-state index contributed by atoms with van der Waals surface area (Å²) in [7, 11) is 0. The molecule has 0 aromatic carbocycles. The second-order valence-electron chi connectivity index (χ2n) is 4.54. The smallest absolute Gasteiger partial charge is 0.287 e. The lowest BCUT2D eigenvalue weighted by molar-refractivity contribution is 0.0887. The Kier molecular flexibility index (Phi) is 4.44. The molecular formula is C14H14BrNO4. The summed E-state index contributed by atoms with van der Waals surface area (Å²) >= 11 is 3.17. The summed E-state index contributed by atoms with van der Waals surface area (Å²) in [5, 5.41) is 2.73. The quantitative estimate of drug-likeness (QED) is 0.848. The van der Waals surface area contributed by atoms with Crippen LogP contribution in [-0.2, 0) is 0 Å². The Labute approximate surface area is 124 Å². The highest BCUT2D eigenvalue weighted by Crippen LogP contribution is 2.19. The van der Waals surface area contributed by atoms with Gasteiger partial charge in [0.05, 0.1) is 6.26 Å². The van der Waals surface area contributed by atoms with Crippen LogP contribution in [0.4, 0.5) is 0 Å². The Bertz CT molecular complexity index is 615. The van der Waals surface area contributed by atoms with Crippen LogP contribution in [0, 0.1) is 6.92 Å².